The van der Waals surface area contributed by atoms with Crippen LogP contribution in [0.3, 0.4) is 0 Å². The summed E-state index contributed by atoms with van der Waals surface area (Å²) in [6.07, 6.45) is 0.708. The van der Waals surface area contributed by atoms with Gasteiger partial charge < -0.3 is 20.5 Å². The van der Waals surface area contributed by atoms with Gasteiger partial charge in [-0.1, -0.05) is 43.3 Å². The summed E-state index contributed by atoms with van der Waals surface area (Å²) in [7, 11) is 1.34. The lowest BCUT2D eigenvalue weighted by atomic mass is 10.0. The van der Waals surface area contributed by atoms with E-state index in [0.29, 0.717) is 12.1 Å². The molecule has 3 rings (SSSR count). The Balaban J connectivity index is 1.93. The molecule has 0 saturated heterocycles. The van der Waals surface area contributed by atoms with E-state index in [1.165, 1.54) is 19.2 Å². The van der Waals surface area contributed by atoms with Crippen LogP contribution in [0.25, 0.3) is 0 Å². The van der Waals surface area contributed by atoms with Crippen LogP contribution in [-0.2, 0) is 0 Å². The maximum atomic E-state index is 12.1. The van der Waals surface area contributed by atoms with Gasteiger partial charge in [0.15, 0.2) is 5.75 Å². The second kappa shape index (κ2) is 7.96. The van der Waals surface area contributed by atoms with Crippen LogP contribution in [0, 0.1) is 0 Å². The maximum Gasteiger partial charge on any atom is 0.339 e. The van der Waals surface area contributed by atoms with Crippen molar-refractivity contribution in [2.24, 2.45) is 0 Å². The van der Waals surface area contributed by atoms with Gasteiger partial charge in [-0.25, -0.2) is 4.79 Å². The molecule has 7 heteroatoms. The number of carboxylic acid groups (broad SMARTS) is 1. The summed E-state index contributed by atoms with van der Waals surface area (Å²) in [5.41, 5.74) is 0.262. The zero-order valence-corrected chi connectivity index (χ0v) is 15.5. The van der Waals surface area contributed by atoms with Gasteiger partial charge in [-0.15, -0.1) is 0 Å². The summed E-state index contributed by atoms with van der Waals surface area (Å²) in [6, 6.07) is 14.0. The minimum atomic E-state index is -1.15. The first-order chi connectivity index (χ1) is 13.5. The summed E-state index contributed by atoms with van der Waals surface area (Å²) < 4.78 is 5.19. The van der Waals surface area contributed by atoms with Crippen molar-refractivity contribution in [3.8, 4) is 5.75 Å². The van der Waals surface area contributed by atoms with Crippen LogP contribution >= 0.6 is 0 Å². The number of nitrogens with one attached hydrogen (secondary N) is 2. The van der Waals surface area contributed by atoms with E-state index in [2.05, 4.69) is 10.6 Å². The molecule has 0 heterocycles. The molecule has 0 bridgehead atoms. The largest absolute Gasteiger partial charge is 0.494 e. The predicted octanol–water partition coefficient (Wildman–Crippen LogP) is 3.30. The predicted molar refractivity (Wildman–Crippen MR) is 108 cm³/mol. The number of rotatable bonds is 8. The van der Waals surface area contributed by atoms with E-state index in [0.717, 1.165) is 5.56 Å². The van der Waals surface area contributed by atoms with Crippen molar-refractivity contribution >= 4 is 23.0 Å². The van der Waals surface area contributed by atoms with E-state index < -0.39 is 16.8 Å². The number of carboxylic acids is 1. The first-order valence-electron chi connectivity index (χ1n) is 8.80. The number of hydrogen-bond donors (Lipinski definition) is 3. The Labute approximate surface area is 161 Å². The van der Waals surface area contributed by atoms with Crippen molar-refractivity contribution in [3.63, 3.8) is 0 Å². The average Bonchev–Trinajstić information content (AvgIpc) is 2.73. The summed E-state index contributed by atoms with van der Waals surface area (Å²) in [4.78, 5) is 35.6. The molecule has 7 nitrogen and oxygen atoms in total. The number of aromatic carboxylic acids is 1. The normalized spacial score (nSPS) is 11.8. The van der Waals surface area contributed by atoms with Crippen LogP contribution in [0.1, 0.15) is 35.3 Å². The second-order valence-electron chi connectivity index (χ2n) is 6.24. The average molecular weight is 380 g/mol. The second-order valence-corrected chi connectivity index (χ2v) is 6.24. The summed E-state index contributed by atoms with van der Waals surface area (Å²) in [6.45, 7) is 1.97. The number of hydrogen-bond acceptors (Lipinski definition) is 6. The van der Waals surface area contributed by atoms with Gasteiger partial charge in [0.05, 0.1) is 18.8 Å². The lowest BCUT2D eigenvalue weighted by molar-refractivity contribution is 0.0693. The fourth-order valence-electron chi connectivity index (χ4n) is 3.09. The fourth-order valence-corrected chi connectivity index (χ4v) is 3.09. The molecule has 3 N–H and O–H groups in total. The minimum absolute atomic E-state index is 0.0450. The molecule has 144 valence electrons. The van der Waals surface area contributed by atoms with E-state index in [9.17, 15) is 19.5 Å². The molecule has 1 atom stereocenters. The fraction of sp³-hybridized carbons (Fsp3) is 0.190. The third kappa shape index (κ3) is 3.46. The number of carbonyl (C=O) groups is 1. The molecule has 0 radical (unpaired) electrons. The van der Waals surface area contributed by atoms with E-state index in [1.807, 2.05) is 37.3 Å². The Morgan fingerprint density at radius 3 is 2.32 bits per heavy atom. The number of benzene rings is 2. The molecular weight excluding hydrogens is 360 g/mol. The van der Waals surface area contributed by atoms with E-state index in [1.54, 1.807) is 6.07 Å². The van der Waals surface area contributed by atoms with Gasteiger partial charge in [0.1, 0.15) is 16.9 Å². The van der Waals surface area contributed by atoms with E-state index in [4.69, 9.17) is 4.74 Å². The SMILES string of the molecule is CC[C@@H](Nc1c(Nc2cccc(C(=O)O)c2OC)c(=O)c1=O)c1ccccc1. The number of ether oxygens (including phenoxy) is 1. The molecule has 0 aromatic heterocycles. The summed E-state index contributed by atoms with van der Waals surface area (Å²) in [5.74, 6) is -1.07. The molecule has 28 heavy (non-hydrogen) atoms. The standard InChI is InChI=1S/C21H20N2O5/c1-3-14(12-8-5-4-6-9-12)22-16-17(19(25)18(16)24)23-15-11-7-10-13(21(26)27)20(15)28-2/h4-11,14,22-23H,3H2,1-2H3,(H,26,27)/t14-/m1/s1. The number of anilines is 3. The van der Waals surface area contributed by atoms with Crippen molar-refractivity contribution in [1.82, 2.24) is 0 Å². The molecular formula is C21H20N2O5. The highest BCUT2D eigenvalue weighted by atomic mass is 16.5. The third-order valence-electron chi connectivity index (χ3n) is 4.55. The molecule has 0 unspecified atom stereocenters. The molecule has 3 aromatic rings. The van der Waals surface area contributed by atoms with Gasteiger partial charge in [0, 0.05) is 0 Å². The minimum Gasteiger partial charge on any atom is -0.494 e. The number of methoxy groups -OCH3 is 1. The number of para-hydroxylation sites is 1. The highest BCUT2D eigenvalue weighted by Crippen LogP contribution is 2.33. The van der Waals surface area contributed by atoms with Crippen LogP contribution in [0.15, 0.2) is 58.1 Å². The summed E-state index contributed by atoms with van der Waals surface area (Å²) in [5, 5.41) is 15.3. The van der Waals surface area contributed by atoms with Gasteiger partial charge in [0.2, 0.25) is 0 Å². The smallest absolute Gasteiger partial charge is 0.339 e. The summed E-state index contributed by atoms with van der Waals surface area (Å²) >= 11 is 0. The lowest BCUT2D eigenvalue weighted by Gasteiger charge is -2.22. The third-order valence-corrected chi connectivity index (χ3v) is 4.55. The van der Waals surface area contributed by atoms with Gasteiger partial charge in [-0.05, 0) is 24.1 Å². The van der Waals surface area contributed by atoms with Crippen LogP contribution in [0.5, 0.6) is 5.75 Å². The lowest BCUT2D eigenvalue weighted by Crippen LogP contribution is -2.37. The Morgan fingerprint density at radius 2 is 1.71 bits per heavy atom. The van der Waals surface area contributed by atoms with Gasteiger partial charge >= 0.3 is 5.97 Å². The van der Waals surface area contributed by atoms with Crippen molar-refractivity contribution in [3.05, 3.63) is 80.1 Å². The van der Waals surface area contributed by atoms with Crippen LogP contribution < -0.4 is 26.2 Å². The topological polar surface area (TPSA) is 105 Å². The van der Waals surface area contributed by atoms with Crippen molar-refractivity contribution in [2.45, 2.75) is 19.4 Å². The van der Waals surface area contributed by atoms with Crippen LogP contribution in [-0.4, -0.2) is 18.2 Å². The first kappa shape index (κ1) is 19.2. The zero-order valence-electron chi connectivity index (χ0n) is 15.5. The Hall–Kier alpha value is -3.61. The Bertz CT molecular complexity index is 1070. The zero-order chi connectivity index (χ0) is 20.3. The quantitative estimate of drug-likeness (QED) is 0.515. The molecule has 0 saturated carbocycles. The van der Waals surface area contributed by atoms with Gasteiger partial charge in [0.25, 0.3) is 10.9 Å². The molecule has 3 aromatic carbocycles. The monoisotopic (exact) mass is 380 g/mol. The van der Waals surface area contributed by atoms with E-state index >= 15 is 0 Å². The van der Waals surface area contributed by atoms with Crippen molar-refractivity contribution in [2.75, 3.05) is 17.7 Å². The van der Waals surface area contributed by atoms with Crippen LogP contribution in [0.4, 0.5) is 17.1 Å². The molecule has 0 amide bonds. The molecule has 0 aliphatic heterocycles. The molecule has 0 spiro atoms. The highest BCUT2D eigenvalue weighted by molar-refractivity contribution is 5.94. The molecule has 0 aliphatic carbocycles. The highest BCUT2D eigenvalue weighted by Gasteiger charge is 2.25. The molecule has 0 fully saturated rings. The first-order valence-corrected chi connectivity index (χ1v) is 8.80. The Kier molecular flexibility index (Phi) is 5.44. The van der Waals surface area contributed by atoms with Gasteiger partial charge in [-0.2, -0.15) is 0 Å². The van der Waals surface area contributed by atoms with E-state index in [-0.39, 0.29) is 28.7 Å². The van der Waals surface area contributed by atoms with Crippen molar-refractivity contribution < 1.29 is 14.6 Å². The van der Waals surface area contributed by atoms with Gasteiger partial charge in [-0.3, -0.25) is 9.59 Å². The maximum absolute atomic E-state index is 12.1. The van der Waals surface area contributed by atoms with Crippen molar-refractivity contribution in [1.29, 1.82) is 0 Å². The Morgan fingerprint density at radius 1 is 1.04 bits per heavy atom. The molecule has 0 aliphatic rings. The van der Waals surface area contributed by atoms with Crippen LogP contribution in [0.2, 0.25) is 0 Å².